The molecule has 1 heterocycles. The van der Waals surface area contributed by atoms with Crippen molar-refractivity contribution in [3.05, 3.63) is 35.9 Å². The van der Waals surface area contributed by atoms with E-state index in [0.29, 0.717) is 0 Å². The summed E-state index contributed by atoms with van der Waals surface area (Å²) in [5.74, 6) is 1.95. The van der Waals surface area contributed by atoms with Gasteiger partial charge in [-0.05, 0) is 30.2 Å². The summed E-state index contributed by atoms with van der Waals surface area (Å²) < 4.78 is 5.12. The highest BCUT2D eigenvalue weighted by atomic mass is 16.5. The van der Waals surface area contributed by atoms with Crippen molar-refractivity contribution in [3.8, 4) is 5.75 Å². The standard InChI is InChI=1S/C14H18N2O/c1-16-11-3-10-15-14(16)9-6-12-4-7-13(17-2)8-5-12/h4-9H,3,10-11H2,1-2H3/b9-6-. The minimum absolute atomic E-state index is 0.884. The summed E-state index contributed by atoms with van der Waals surface area (Å²) in [5, 5.41) is 0. The first kappa shape index (κ1) is 11.7. The van der Waals surface area contributed by atoms with Gasteiger partial charge in [0, 0.05) is 20.1 Å². The lowest BCUT2D eigenvalue weighted by Crippen LogP contribution is -2.30. The van der Waals surface area contributed by atoms with Gasteiger partial charge in [0.1, 0.15) is 11.6 Å². The number of methoxy groups -OCH3 is 1. The van der Waals surface area contributed by atoms with E-state index in [2.05, 4.69) is 29.1 Å². The van der Waals surface area contributed by atoms with Gasteiger partial charge in [-0.15, -0.1) is 0 Å². The van der Waals surface area contributed by atoms with Crippen LogP contribution in [0.4, 0.5) is 0 Å². The number of amidine groups is 1. The molecule has 0 N–H and O–H groups in total. The third-order valence-corrected chi connectivity index (χ3v) is 2.86. The predicted octanol–water partition coefficient (Wildman–Crippen LogP) is 2.44. The van der Waals surface area contributed by atoms with E-state index in [-0.39, 0.29) is 0 Å². The molecule has 1 aromatic rings. The van der Waals surface area contributed by atoms with Crippen LogP contribution in [-0.4, -0.2) is 38.0 Å². The van der Waals surface area contributed by atoms with Crippen molar-refractivity contribution >= 4 is 11.9 Å². The number of aliphatic imine (C=N–C) groups is 1. The molecular weight excluding hydrogens is 212 g/mol. The molecule has 3 heteroatoms. The van der Waals surface area contributed by atoms with Gasteiger partial charge in [-0.2, -0.15) is 0 Å². The fourth-order valence-electron chi connectivity index (χ4n) is 1.80. The SMILES string of the molecule is COc1ccc(/C=C\C2=NCCCN2C)cc1. The minimum Gasteiger partial charge on any atom is -0.497 e. The average Bonchev–Trinajstić information content (AvgIpc) is 2.38. The highest BCUT2D eigenvalue weighted by Gasteiger charge is 2.06. The number of hydrogen-bond acceptors (Lipinski definition) is 3. The van der Waals surface area contributed by atoms with Gasteiger partial charge in [-0.25, -0.2) is 0 Å². The average molecular weight is 230 g/mol. The molecule has 17 heavy (non-hydrogen) atoms. The first-order valence-electron chi connectivity index (χ1n) is 5.87. The van der Waals surface area contributed by atoms with Crippen molar-refractivity contribution in [3.63, 3.8) is 0 Å². The fourth-order valence-corrected chi connectivity index (χ4v) is 1.80. The van der Waals surface area contributed by atoms with Gasteiger partial charge >= 0.3 is 0 Å². The predicted molar refractivity (Wildman–Crippen MR) is 71.6 cm³/mol. The van der Waals surface area contributed by atoms with Crippen LogP contribution in [0.5, 0.6) is 5.75 Å². The van der Waals surface area contributed by atoms with E-state index >= 15 is 0 Å². The molecule has 0 amide bonds. The Morgan fingerprint density at radius 3 is 2.65 bits per heavy atom. The Labute approximate surface area is 102 Å². The first-order valence-corrected chi connectivity index (χ1v) is 5.87. The molecule has 0 fully saturated rings. The zero-order valence-corrected chi connectivity index (χ0v) is 10.4. The Bertz CT molecular complexity index is 420. The molecule has 0 aromatic heterocycles. The largest absolute Gasteiger partial charge is 0.497 e. The van der Waals surface area contributed by atoms with E-state index in [0.717, 1.165) is 36.7 Å². The molecule has 0 spiro atoms. The van der Waals surface area contributed by atoms with Crippen LogP contribution in [0.3, 0.4) is 0 Å². The Hall–Kier alpha value is -1.77. The molecule has 0 aliphatic carbocycles. The van der Waals surface area contributed by atoms with Crippen LogP contribution in [0.2, 0.25) is 0 Å². The molecule has 3 nitrogen and oxygen atoms in total. The lowest BCUT2D eigenvalue weighted by atomic mass is 10.2. The molecule has 0 saturated heterocycles. The fraction of sp³-hybridized carbons (Fsp3) is 0.357. The number of hydrogen-bond donors (Lipinski definition) is 0. The second kappa shape index (κ2) is 5.53. The Morgan fingerprint density at radius 2 is 2.00 bits per heavy atom. The molecule has 2 rings (SSSR count). The molecule has 0 radical (unpaired) electrons. The molecule has 0 unspecified atom stereocenters. The van der Waals surface area contributed by atoms with Crippen molar-refractivity contribution in [1.29, 1.82) is 0 Å². The molecular formula is C14H18N2O. The van der Waals surface area contributed by atoms with E-state index in [1.807, 2.05) is 24.3 Å². The monoisotopic (exact) mass is 230 g/mol. The van der Waals surface area contributed by atoms with Crippen LogP contribution in [0.1, 0.15) is 12.0 Å². The minimum atomic E-state index is 0.884. The Kier molecular flexibility index (Phi) is 3.81. The van der Waals surface area contributed by atoms with E-state index in [1.54, 1.807) is 7.11 Å². The maximum Gasteiger partial charge on any atom is 0.123 e. The molecule has 90 valence electrons. The van der Waals surface area contributed by atoms with Crippen molar-refractivity contribution in [2.45, 2.75) is 6.42 Å². The van der Waals surface area contributed by atoms with Gasteiger partial charge in [0.05, 0.1) is 7.11 Å². The zero-order valence-electron chi connectivity index (χ0n) is 10.4. The zero-order chi connectivity index (χ0) is 12.1. The van der Waals surface area contributed by atoms with Gasteiger partial charge in [0.2, 0.25) is 0 Å². The van der Waals surface area contributed by atoms with Gasteiger partial charge in [0.15, 0.2) is 0 Å². The van der Waals surface area contributed by atoms with Gasteiger partial charge < -0.3 is 9.64 Å². The molecule has 0 bridgehead atoms. The van der Waals surface area contributed by atoms with Crippen LogP contribution in [0, 0.1) is 0 Å². The van der Waals surface area contributed by atoms with Crippen LogP contribution in [0.25, 0.3) is 6.08 Å². The van der Waals surface area contributed by atoms with Crippen molar-refractivity contribution in [2.24, 2.45) is 4.99 Å². The molecule has 1 aliphatic rings. The van der Waals surface area contributed by atoms with Crippen LogP contribution in [-0.2, 0) is 0 Å². The van der Waals surface area contributed by atoms with Crippen LogP contribution < -0.4 is 4.74 Å². The topological polar surface area (TPSA) is 24.8 Å². The van der Waals surface area contributed by atoms with Crippen molar-refractivity contribution in [1.82, 2.24) is 4.90 Å². The summed E-state index contributed by atoms with van der Waals surface area (Å²) in [4.78, 5) is 6.67. The molecule has 1 aliphatic heterocycles. The summed E-state index contributed by atoms with van der Waals surface area (Å²) in [6.07, 6.45) is 5.30. The quantitative estimate of drug-likeness (QED) is 0.796. The number of ether oxygens (including phenoxy) is 1. The summed E-state index contributed by atoms with van der Waals surface area (Å²) in [6, 6.07) is 8.01. The smallest absolute Gasteiger partial charge is 0.123 e. The van der Waals surface area contributed by atoms with Gasteiger partial charge in [-0.1, -0.05) is 18.2 Å². The molecule has 0 saturated carbocycles. The van der Waals surface area contributed by atoms with E-state index in [4.69, 9.17) is 4.74 Å². The summed E-state index contributed by atoms with van der Waals surface area (Å²) in [7, 11) is 3.76. The maximum absolute atomic E-state index is 5.12. The Balaban J connectivity index is 2.06. The normalized spacial score (nSPS) is 16.1. The lowest BCUT2D eigenvalue weighted by Gasteiger charge is -2.22. The van der Waals surface area contributed by atoms with E-state index in [9.17, 15) is 0 Å². The number of rotatable bonds is 3. The molecule has 0 atom stereocenters. The first-order chi connectivity index (χ1) is 8.29. The number of likely N-dealkylation sites (N-methyl/N-ethyl adjacent to an activating group) is 1. The van der Waals surface area contributed by atoms with Crippen molar-refractivity contribution in [2.75, 3.05) is 27.2 Å². The van der Waals surface area contributed by atoms with Gasteiger partial charge in [-0.3, -0.25) is 4.99 Å². The summed E-state index contributed by atoms with van der Waals surface area (Å²) in [5.41, 5.74) is 1.16. The highest BCUT2D eigenvalue weighted by Crippen LogP contribution is 2.12. The van der Waals surface area contributed by atoms with Gasteiger partial charge in [0.25, 0.3) is 0 Å². The van der Waals surface area contributed by atoms with Crippen molar-refractivity contribution < 1.29 is 4.74 Å². The lowest BCUT2D eigenvalue weighted by molar-refractivity contribution is 0.415. The second-order valence-electron chi connectivity index (χ2n) is 4.12. The van der Waals surface area contributed by atoms with Crippen LogP contribution >= 0.6 is 0 Å². The van der Waals surface area contributed by atoms with E-state index < -0.39 is 0 Å². The Morgan fingerprint density at radius 1 is 1.24 bits per heavy atom. The number of nitrogens with zero attached hydrogens (tertiary/aromatic N) is 2. The summed E-state index contributed by atoms with van der Waals surface area (Å²) in [6.45, 7) is 2.03. The second-order valence-corrected chi connectivity index (χ2v) is 4.12. The third kappa shape index (κ3) is 3.09. The maximum atomic E-state index is 5.12. The number of benzene rings is 1. The third-order valence-electron chi connectivity index (χ3n) is 2.86. The summed E-state index contributed by atoms with van der Waals surface area (Å²) >= 11 is 0. The van der Waals surface area contributed by atoms with Crippen LogP contribution in [0.15, 0.2) is 35.3 Å². The molecule has 1 aromatic carbocycles. The van der Waals surface area contributed by atoms with E-state index in [1.165, 1.54) is 0 Å². The highest BCUT2D eigenvalue weighted by molar-refractivity contribution is 5.96.